The molecular formula is C16H22N2S. The summed E-state index contributed by atoms with van der Waals surface area (Å²) in [6.45, 7) is 6.44. The van der Waals surface area contributed by atoms with Crippen molar-refractivity contribution < 1.29 is 0 Å². The van der Waals surface area contributed by atoms with Crippen LogP contribution in [0.2, 0.25) is 0 Å². The van der Waals surface area contributed by atoms with Crippen molar-refractivity contribution in [2.75, 3.05) is 6.54 Å². The topological polar surface area (TPSA) is 24.9 Å². The van der Waals surface area contributed by atoms with Crippen LogP contribution in [0.25, 0.3) is 10.6 Å². The first-order valence-electron chi connectivity index (χ1n) is 7.09. The van der Waals surface area contributed by atoms with Crippen LogP contribution in [0.4, 0.5) is 0 Å². The molecule has 1 aromatic carbocycles. The summed E-state index contributed by atoms with van der Waals surface area (Å²) in [4.78, 5) is 6.22. The van der Waals surface area contributed by atoms with Crippen LogP contribution in [0, 0.1) is 0 Å². The SMILES string of the molecule is CCCNCc1sc(-c2ccccc2)nc1CCC. The van der Waals surface area contributed by atoms with Crippen molar-refractivity contribution >= 4 is 11.3 Å². The third-order valence-electron chi connectivity index (χ3n) is 3.00. The molecule has 2 rings (SSSR count). The van der Waals surface area contributed by atoms with E-state index < -0.39 is 0 Å². The summed E-state index contributed by atoms with van der Waals surface area (Å²) in [5.74, 6) is 0. The van der Waals surface area contributed by atoms with Crippen LogP contribution in [0.5, 0.6) is 0 Å². The van der Waals surface area contributed by atoms with Gasteiger partial charge in [0.2, 0.25) is 0 Å². The monoisotopic (exact) mass is 274 g/mol. The van der Waals surface area contributed by atoms with Gasteiger partial charge in [0.25, 0.3) is 0 Å². The van der Waals surface area contributed by atoms with Crippen LogP contribution in [0.3, 0.4) is 0 Å². The average molecular weight is 274 g/mol. The first-order chi connectivity index (χ1) is 9.35. The summed E-state index contributed by atoms with van der Waals surface area (Å²) >= 11 is 1.83. The minimum atomic E-state index is 0.952. The molecule has 0 saturated heterocycles. The van der Waals surface area contributed by atoms with Crippen LogP contribution >= 0.6 is 11.3 Å². The van der Waals surface area contributed by atoms with Gasteiger partial charge in [-0.3, -0.25) is 0 Å². The Morgan fingerprint density at radius 3 is 2.58 bits per heavy atom. The van der Waals surface area contributed by atoms with E-state index in [0.717, 1.165) is 30.9 Å². The van der Waals surface area contributed by atoms with Gasteiger partial charge in [-0.2, -0.15) is 0 Å². The molecule has 19 heavy (non-hydrogen) atoms. The first-order valence-corrected chi connectivity index (χ1v) is 7.91. The molecule has 0 saturated carbocycles. The van der Waals surface area contributed by atoms with Gasteiger partial charge in [0.05, 0.1) is 5.69 Å². The molecule has 0 aliphatic rings. The minimum Gasteiger partial charge on any atom is -0.312 e. The van der Waals surface area contributed by atoms with Crippen LogP contribution in [0.15, 0.2) is 30.3 Å². The Bertz CT molecular complexity index is 491. The predicted octanol–water partition coefficient (Wildman–Crippen LogP) is 4.26. The van der Waals surface area contributed by atoms with E-state index >= 15 is 0 Å². The normalized spacial score (nSPS) is 10.8. The molecule has 102 valence electrons. The van der Waals surface area contributed by atoms with Crippen molar-refractivity contribution in [3.63, 3.8) is 0 Å². The van der Waals surface area contributed by atoms with Crippen LogP contribution in [0.1, 0.15) is 37.3 Å². The zero-order valence-electron chi connectivity index (χ0n) is 11.8. The summed E-state index contributed by atoms with van der Waals surface area (Å²) < 4.78 is 0. The van der Waals surface area contributed by atoms with Crippen LogP contribution in [-0.2, 0) is 13.0 Å². The lowest BCUT2D eigenvalue weighted by Crippen LogP contribution is -2.13. The number of thiazole rings is 1. The van der Waals surface area contributed by atoms with Gasteiger partial charge in [-0.25, -0.2) is 4.98 Å². The van der Waals surface area contributed by atoms with E-state index in [9.17, 15) is 0 Å². The van der Waals surface area contributed by atoms with Crippen molar-refractivity contribution in [2.24, 2.45) is 0 Å². The highest BCUT2D eigenvalue weighted by molar-refractivity contribution is 7.15. The molecule has 1 heterocycles. The smallest absolute Gasteiger partial charge is 0.123 e. The largest absolute Gasteiger partial charge is 0.312 e. The quantitative estimate of drug-likeness (QED) is 0.763. The Labute approximate surface area is 119 Å². The maximum Gasteiger partial charge on any atom is 0.123 e. The van der Waals surface area contributed by atoms with Gasteiger partial charge >= 0.3 is 0 Å². The van der Waals surface area contributed by atoms with Gasteiger partial charge in [0, 0.05) is 17.0 Å². The number of rotatable bonds is 7. The van der Waals surface area contributed by atoms with Gasteiger partial charge in [0.15, 0.2) is 0 Å². The summed E-state index contributed by atoms with van der Waals surface area (Å²) in [6.07, 6.45) is 3.40. The fourth-order valence-corrected chi connectivity index (χ4v) is 3.12. The van der Waals surface area contributed by atoms with Gasteiger partial charge in [0.1, 0.15) is 5.01 Å². The maximum absolute atomic E-state index is 4.83. The van der Waals surface area contributed by atoms with Crippen molar-refractivity contribution in [3.05, 3.63) is 40.9 Å². The fourth-order valence-electron chi connectivity index (χ4n) is 2.04. The molecule has 1 aromatic heterocycles. The third kappa shape index (κ3) is 3.88. The molecule has 1 N–H and O–H groups in total. The molecule has 3 heteroatoms. The Hall–Kier alpha value is -1.19. The Morgan fingerprint density at radius 2 is 1.89 bits per heavy atom. The van der Waals surface area contributed by atoms with Crippen molar-refractivity contribution in [1.29, 1.82) is 0 Å². The lowest BCUT2D eigenvalue weighted by molar-refractivity contribution is 0.674. The molecule has 0 atom stereocenters. The molecule has 0 spiro atoms. The Balaban J connectivity index is 2.19. The van der Waals surface area contributed by atoms with E-state index in [1.165, 1.54) is 22.6 Å². The lowest BCUT2D eigenvalue weighted by Gasteiger charge is -2.02. The second-order valence-corrected chi connectivity index (χ2v) is 5.77. The van der Waals surface area contributed by atoms with Crippen LogP contribution < -0.4 is 5.32 Å². The highest BCUT2D eigenvalue weighted by Gasteiger charge is 2.11. The zero-order valence-corrected chi connectivity index (χ0v) is 12.6. The third-order valence-corrected chi connectivity index (χ3v) is 4.14. The second-order valence-electron chi connectivity index (χ2n) is 4.68. The van der Waals surface area contributed by atoms with E-state index in [4.69, 9.17) is 4.98 Å². The molecule has 0 amide bonds. The van der Waals surface area contributed by atoms with Gasteiger partial charge in [-0.05, 0) is 19.4 Å². The van der Waals surface area contributed by atoms with Crippen LogP contribution in [-0.4, -0.2) is 11.5 Å². The number of aryl methyl sites for hydroxylation is 1. The van der Waals surface area contributed by atoms with Crippen molar-refractivity contribution in [1.82, 2.24) is 10.3 Å². The highest BCUT2D eigenvalue weighted by atomic mass is 32.1. The highest BCUT2D eigenvalue weighted by Crippen LogP contribution is 2.28. The predicted molar refractivity (Wildman–Crippen MR) is 83.5 cm³/mol. The van der Waals surface area contributed by atoms with E-state index in [1.54, 1.807) is 0 Å². The molecule has 0 radical (unpaired) electrons. The molecule has 2 aromatic rings. The number of nitrogens with one attached hydrogen (secondary N) is 1. The molecule has 0 unspecified atom stereocenters. The summed E-state index contributed by atoms with van der Waals surface area (Å²) in [5, 5.41) is 4.64. The van der Waals surface area contributed by atoms with Gasteiger partial charge in [-0.1, -0.05) is 50.6 Å². The lowest BCUT2D eigenvalue weighted by atomic mass is 10.2. The average Bonchev–Trinajstić information content (AvgIpc) is 2.84. The standard InChI is InChI=1S/C16H22N2S/c1-3-8-14-15(12-17-11-4-2)19-16(18-14)13-9-6-5-7-10-13/h5-7,9-10,17H,3-4,8,11-12H2,1-2H3. The number of hydrogen-bond acceptors (Lipinski definition) is 3. The molecule has 0 bridgehead atoms. The molecule has 0 aliphatic carbocycles. The van der Waals surface area contributed by atoms with Gasteiger partial charge in [-0.15, -0.1) is 11.3 Å². The maximum atomic E-state index is 4.83. The summed E-state index contributed by atoms with van der Waals surface area (Å²) in [7, 11) is 0. The number of nitrogens with zero attached hydrogens (tertiary/aromatic N) is 1. The second kappa shape index (κ2) is 7.41. The van der Waals surface area contributed by atoms with E-state index in [0.29, 0.717) is 0 Å². The number of benzene rings is 1. The van der Waals surface area contributed by atoms with E-state index in [2.05, 4.69) is 43.4 Å². The fraction of sp³-hybridized carbons (Fsp3) is 0.438. The van der Waals surface area contributed by atoms with E-state index in [1.807, 2.05) is 17.4 Å². The zero-order chi connectivity index (χ0) is 13.5. The van der Waals surface area contributed by atoms with E-state index in [-0.39, 0.29) is 0 Å². The molecule has 0 aliphatic heterocycles. The molecule has 0 fully saturated rings. The molecular weight excluding hydrogens is 252 g/mol. The number of hydrogen-bond donors (Lipinski definition) is 1. The summed E-state index contributed by atoms with van der Waals surface area (Å²) in [5.41, 5.74) is 2.50. The van der Waals surface area contributed by atoms with Crippen molar-refractivity contribution in [2.45, 2.75) is 39.7 Å². The minimum absolute atomic E-state index is 0.952. The Morgan fingerprint density at radius 1 is 1.11 bits per heavy atom. The Kier molecular flexibility index (Phi) is 5.55. The summed E-state index contributed by atoms with van der Waals surface area (Å²) in [6, 6.07) is 10.5. The number of aromatic nitrogens is 1. The van der Waals surface area contributed by atoms with Crippen molar-refractivity contribution in [3.8, 4) is 10.6 Å². The molecule has 2 nitrogen and oxygen atoms in total. The van der Waals surface area contributed by atoms with Gasteiger partial charge < -0.3 is 5.32 Å². The first kappa shape index (κ1) is 14.2.